The molecular formula is C19H20N4O4. The zero-order valence-corrected chi connectivity index (χ0v) is 15.5. The summed E-state index contributed by atoms with van der Waals surface area (Å²) in [7, 11) is 6.36. The molecule has 0 aliphatic heterocycles. The number of fused-ring (bicyclic) bond motifs is 1. The summed E-state index contributed by atoms with van der Waals surface area (Å²) in [5, 5.41) is 5.03. The minimum Gasteiger partial charge on any atom is -0.497 e. The van der Waals surface area contributed by atoms with Crippen molar-refractivity contribution in [1.82, 2.24) is 9.97 Å². The molecule has 0 amide bonds. The summed E-state index contributed by atoms with van der Waals surface area (Å²) in [5.41, 5.74) is 4.41. The Hall–Kier alpha value is -3.55. The standard InChI is InChI=1S/C19H20N4O4/c1-24-13-5-6-16(25-2)12(7-13)10-22-23-19-14-8-17(26-3)18(27-4)9-15(14)20-11-21-19/h5-11H,1-4H3,(H,20,21,23)/b22-10+. The van der Waals surface area contributed by atoms with E-state index in [-0.39, 0.29) is 0 Å². The normalized spacial score (nSPS) is 10.8. The van der Waals surface area contributed by atoms with E-state index in [9.17, 15) is 0 Å². The second-order valence-electron chi connectivity index (χ2n) is 5.42. The molecule has 0 saturated heterocycles. The molecule has 3 rings (SSSR count). The number of nitrogens with zero attached hydrogens (tertiary/aromatic N) is 3. The van der Waals surface area contributed by atoms with E-state index in [2.05, 4.69) is 20.5 Å². The van der Waals surface area contributed by atoms with Crippen molar-refractivity contribution in [3.63, 3.8) is 0 Å². The number of methoxy groups -OCH3 is 4. The molecule has 1 aromatic heterocycles. The number of hydrazone groups is 1. The van der Waals surface area contributed by atoms with Crippen LogP contribution < -0.4 is 24.4 Å². The highest BCUT2D eigenvalue weighted by atomic mass is 16.5. The third-order valence-corrected chi connectivity index (χ3v) is 3.95. The molecule has 0 aliphatic rings. The van der Waals surface area contributed by atoms with E-state index in [1.165, 1.54) is 6.33 Å². The van der Waals surface area contributed by atoms with E-state index in [0.29, 0.717) is 34.3 Å². The molecule has 8 nitrogen and oxygen atoms in total. The second kappa shape index (κ2) is 8.22. The monoisotopic (exact) mass is 368 g/mol. The van der Waals surface area contributed by atoms with Crippen LogP contribution in [0.1, 0.15) is 5.56 Å². The second-order valence-corrected chi connectivity index (χ2v) is 5.42. The van der Waals surface area contributed by atoms with Gasteiger partial charge in [-0.1, -0.05) is 0 Å². The molecule has 1 heterocycles. The first-order valence-corrected chi connectivity index (χ1v) is 8.08. The summed E-state index contributed by atoms with van der Waals surface area (Å²) in [5.74, 6) is 3.11. The van der Waals surface area contributed by atoms with Crippen molar-refractivity contribution in [3.8, 4) is 23.0 Å². The summed E-state index contributed by atoms with van der Waals surface area (Å²) in [6, 6.07) is 9.06. The Morgan fingerprint density at radius 3 is 2.30 bits per heavy atom. The SMILES string of the molecule is COc1ccc(OC)c(/C=N/Nc2ncnc3cc(OC)c(OC)cc23)c1. The smallest absolute Gasteiger partial charge is 0.162 e. The van der Waals surface area contributed by atoms with Gasteiger partial charge in [-0.25, -0.2) is 9.97 Å². The third kappa shape index (κ3) is 3.84. The molecule has 8 heteroatoms. The van der Waals surface area contributed by atoms with Gasteiger partial charge in [0.25, 0.3) is 0 Å². The Morgan fingerprint density at radius 1 is 0.852 bits per heavy atom. The lowest BCUT2D eigenvalue weighted by Gasteiger charge is -2.10. The van der Waals surface area contributed by atoms with E-state index in [0.717, 1.165) is 10.9 Å². The molecule has 0 bridgehead atoms. The largest absolute Gasteiger partial charge is 0.497 e. The number of hydrogen-bond donors (Lipinski definition) is 1. The summed E-state index contributed by atoms with van der Waals surface area (Å²) in [6.07, 6.45) is 3.09. The van der Waals surface area contributed by atoms with Crippen molar-refractivity contribution < 1.29 is 18.9 Å². The number of hydrogen-bond acceptors (Lipinski definition) is 8. The summed E-state index contributed by atoms with van der Waals surface area (Å²) in [6.45, 7) is 0. The van der Waals surface area contributed by atoms with Crippen LogP contribution in [0.5, 0.6) is 23.0 Å². The van der Waals surface area contributed by atoms with E-state index in [1.54, 1.807) is 46.8 Å². The Kier molecular flexibility index (Phi) is 5.55. The fourth-order valence-corrected chi connectivity index (χ4v) is 2.58. The number of benzene rings is 2. The van der Waals surface area contributed by atoms with Crippen LogP contribution in [0, 0.1) is 0 Å². The number of ether oxygens (including phenoxy) is 4. The van der Waals surface area contributed by atoms with Gasteiger partial charge >= 0.3 is 0 Å². The van der Waals surface area contributed by atoms with Crippen LogP contribution >= 0.6 is 0 Å². The molecule has 0 spiro atoms. The fraction of sp³-hybridized carbons (Fsp3) is 0.211. The van der Waals surface area contributed by atoms with E-state index in [1.807, 2.05) is 18.2 Å². The summed E-state index contributed by atoms with van der Waals surface area (Å²) in [4.78, 5) is 8.52. The van der Waals surface area contributed by atoms with Gasteiger partial charge in [-0.3, -0.25) is 5.43 Å². The molecule has 0 saturated carbocycles. The first-order chi connectivity index (χ1) is 13.2. The van der Waals surface area contributed by atoms with Crippen LogP contribution in [-0.2, 0) is 0 Å². The maximum absolute atomic E-state index is 5.35. The van der Waals surface area contributed by atoms with Crippen LogP contribution in [0.25, 0.3) is 10.9 Å². The first-order valence-electron chi connectivity index (χ1n) is 8.08. The zero-order chi connectivity index (χ0) is 19.2. The maximum Gasteiger partial charge on any atom is 0.162 e. The van der Waals surface area contributed by atoms with E-state index >= 15 is 0 Å². The third-order valence-electron chi connectivity index (χ3n) is 3.95. The van der Waals surface area contributed by atoms with Gasteiger partial charge in [0, 0.05) is 17.0 Å². The average molecular weight is 368 g/mol. The number of aromatic nitrogens is 2. The molecule has 0 radical (unpaired) electrons. The predicted molar refractivity (Wildman–Crippen MR) is 103 cm³/mol. The van der Waals surface area contributed by atoms with Gasteiger partial charge in [0.2, 0.25) is 0 Å². The van der Waals surface area contributed by atoms with Crippen LogP contribution in [-0.4, -0.2) is 44.6 Å². The highest BCUT2D eigenvalue weighted by Crippen LogP contribution is 2.33. The first kappa shape index (κ1) is 18.2. The zero-order valence-electron chi connectivity index (χ0n) is 15.5. The van der Waals surface area contributed by atoms with Gasteiger partial charge < -0.3 is 18.9 Å². The van der Waals surface area contributed by atoms with E-state index < -0.39 is 0 Å². The lowest BCUT2D eigenvalue weighted by molar-refractivity contribution is 0.356. The number of anilines is 1. The Balaban J connectivity index is 1.92. The highest BCUT2D eigenvalue weighted by Gasteiger charge is 2.10. The minimum absolute atomic E-state index is 0.541. The molecule has 2 aromatic carbocycles. The van der Waals surface area contributed by atoms with Crippen LogP contribution in [0.15, 0.2) is 41.8 Å². The number of rotatable bonds is 7. The number of nitrogens with one attached hydrogen (secondary N) is 1. The Labute approximate surface area is 156 Å². The summed E-state index contributed by atoms with van der Waals surface area (Å²) >= 11 is 0. The van der Waals surface area contributed by atoms with Crippen molar-refractivity contribution >= 4 is 22.9 Å². The molecule has 1 N–H and O–H groups in total. The lowest BCUT2D eigenvalue weighted by atomic mass is 10.2. The van der Waals surface area contributed by atoms with Crippen molar-refractivity contribution in [2.24, 2.45) is 5.10 Å². The summed E-state index contributed by atoms with van der Waals surface area (Å²) < 4.78 is 21.2. The lowest BCUT2D eigenvalue weighted by Crippen LogP contribution is -1.99. The Bertz CT molecular complexity index is 975. The van der Waals surface area contributed by atoms with E-state index in [4.69, 9.17) is 18.9 Å². The van der Waals surface area contributed by atoms with Crippen molar-refractivity contribution in [2.75, 3.05) is 33.9 Å². The molecule has 0 unspecified atom stereocenters. The van der Waals surface area contributed by atoms with Gasteiger partial charge in [0.1, 0.15) is 17.8 Å². The molecular weight excluding hydrogens is 348 g/mol. The molecule has 0 atom stereocenters. The van der Waals surface area contributed by atoms with Crippen molar-refractivity contribution in [2.45, 2.75) is 0 Å². The molecule has 3 aromatic rings. The van der Waals surface area contributed by atoms with Crippen LogP contribution in [0.3, 0.4) is 0 Å². The van der Waals surface area contributed by atoms with Gasteiger partial charge in [-0.05, 0) is 24.3 Å². The Morgan fingerprint density at radius 2 is 1.59 bits per heavy atom. The molecule has 0 aliphatic carbocycles. The molecule has 27 heavy (non-hydrogen) atoms. The average Bonchev–Trinajstić information content (AvgIpc) is 2.72. The van der Waals surface area contributed by atoms with Gasteiger partial charge in [0.15, 0.2) is 17.3 Å². The quantitative estimate of drug-likeness (QED) is 0.506. The molecule has 0 fully saturated rings. The highest BCUT2D eigenvalue weighted by molar-refractivity contribution is 5.92. The van der Waals surface area contributed by atoms with Gasteiger partial charge in [-0.15, -0.1) is 0 Å². The topological polar surface area (TPSA) is 87.1 Å². The maximum atomic E-state index is 5.35. The fourth-order valence-electron chi connectivity index (χ4n) is 2.58. The van der Waals surface area contributed by atoms with Crippen molar-refractivity contribution in [3.05, 3.63) is 42.2 Å². The van der Waals surface area contributed by atoms with Gasteiger partial charge in [0.05, 0.1) is 40.2 Å². The van der Waals surface area contributed by atoms with Gasteiger partial charge in [-0.2, -0.15) is 5.10 Å². The predicted octanol–water partition coefficient (Wildman–Crippen LogP) is 3.11. The van der Waals surface area contributed by atoms with Crippen LogP contribution in [0.2, 0.25) is 0 Å². The molecule has 140 valence electrons. The minimum atomic E-state index is 0.541. The van der Waals surface area contributed by atoms with Crippen molar-refractivity contribution in [1.29, 1.82) is 0 Å². The van der Waals surface area contributed by atoms with Crippen LogP contribution in [0.4, 0.5) is 5.82 Å².